The number of rotatable bonds is 5. The van der Waals surface area contributed by atoms with Gasteiger partial charge in [0.05, 0.1) is 0 Å². The Labute approximate surface area is 169 Å². The van der Waals surface area contributed by atoms with Gasteiger partial charge in [0.15, 0.2) is 11.0 Å². The van der Waals surface area contributed by atoms with Crippen molar-refractivity contribution in [2.75, 3.05) is 13.1 Å². The van der Waals surface area contributed by atoms with Crippen LogP contribution in [0.1, 0.15) is 30.1 Å². The Morgan fingerprint density at radius 3 is 2.25 bits per heavy atom. The molecule has 144 valence electrons. The Balaban J connectivity index is 1.63. The zero-order valence-electron chi connectivity index (χ0n) is 16.0. The number of nitrogens with zero attached hydrogens (tertiary/aromatic N) is 4. The molecule has 1 saturated heterocycles. The summed E-state index contributed by atoms with van der Waals surface area (Å²) in [5, 5.41) is 9.20. The van der Waals surface area contributed by atoms with Gasteiger partial charge < -0.3 is 9.47 Å². The first kappa shape index (κ1) is 18.7. The zero-order valence-corrected chi connectivity index (χ0v) is 16.8. The smallest absolute Gasteiger partial charge is 0.240 e. The molecule has 4 rings (SSSR count). The molecule has 28 heavy (non-hydrogen) atoms. The Morgan fingerprint density at radius 2 is 1.57 bits per heavy atom. The average molecular weight is 393 g/mol. The van der Waals surface area contributed by atoms with Crippen molar-refractivity contribution >= 4 is 17.7 Å². The predicted molar refractivity (Wildman–Crippen MR) is 112 cm³/mol. The largest absolute Gasteiger partial charge is 0.341 e. The summed E-state index contributed by atoms with van der Waals surface area (Å²) in [4.78, 5) is 15.3. The highest BCUT2D eigenvalue weighted by atomic mass is 32.2. The van der Waals surface area contributed by atoms with Gasteiger partial charge in [0.25, 0.3) is 0 Å². The third kappa shape index (κ3) is 3.97. The van der Waals surface area contributed by atoms with Crippen LogP contribution in [0.15, 0.2) is 65.8 Å². The number of hydrogen-bond donors (Lipinski definition) is 0. The van der Waals surface area contributed by atoms with Gasteiger partial charge in [-0.1, -0.05) is 72.4 Å². The summed E-state index contributed by atoms with van der Waals surface area (Å²) >= 11 is 1.48. The quantitative estimate of drug-likeness (QED) is 0.607. The number of piperidine rings is 1. The van der Waals surface area contributed by atoms with Crippen LogP contribution in [0.2, 0.25) is 0 Å². The molecule has 2 heterocycles. The summed E-state index contributed by atoms with van der Waals surface area (Å²) in [5.41, 5.74) is 2.02. The predicted octanol–water partition coefficient (Wildman–Crippen LogP) is 4.33. The minimum absolute atomic E-state index is 0.167. The zero-order chi connectivity index (χ0) is 19.3. The fourth-order valence-corrected chi connectivity index (χ4v) is 4.62. The average Bonchev–Trinajstić information content (AvgIpc) is 3.13. The van der Waals surface area contributed by atoms with Gasteiger partial charge in [-0.05, 0) is 24.8 Å². The Morgan fingerprint density at radius 1 is 0.929 bits per heavy atom. The number of likely N-dealkylation sites (tertiary alicyclic amines) is 1. The van der Waals surface area contributed by atoms with E-state index in [-0.39, 0.29) is 11.2 Å². The van der Waals surface area contributed by atoms with Crippen molar-refractivity contribution in [1.82, 2.24) is 19.7 Å². The third-order valence-electron chi connectivity index (χ3n) is 5.08. The number of carbonyl (C=O) groups excluding carboxylic acids is 1. The second kappa shape index (κ2) is 8.61. The summed E-state index contributed by atoms with van der Waals surface area (Å²) in [6, 6.07) is 20.0. The van der Waals surface area contributed by atoms with E-state index in [2.05, 4.69) is 10.2 Å². The monoisotopic (exact) mass is 392 g/mol. The van der Waals surface area contributed by atoms with E-state index < -0.39 is 0 Å². The maximum atomic E-state index is 13.3. The highest BCUT2D eigenvalue weighted by Gasteiger charge is 2.29. The lowest BCUT2D eigenvalue weighted by molar-refractivity contribution is -0.131. The normalized spacial score (nSPS) is 15.4. The lowest BCUT2D eigenvalue weighted by atomic mass is 10.1. The van der Waals surface area contributed by atoms with Crippen molar-refractivity contribution in [3.8, 4) is 11.4 Å². The van der Waals surface area contributed by atoms with Crippen LogP contribution in [0, 0.1) is 0 Å². The molecular formula is C22H24N4OS. The number of carbonyl (C=O) groups is 1. The summed E-state index contributed by atoms with van der Waals surface area (Å²) < 4.78 is 1.97. The molecule has 2 aromatic carbocycles. The molecule has 1 amide bonds. The van der Waals surface area contributed by atoms with E-state index in [4.69, 9.17) is 0 Å². The van der Waals surface area contributed by atoms with Gasteiger partial charge >= 0.3 is 0 Å². The van der Waals surface area contributed by atoms with Gasteiger partial charge in [0.2, 0.25) is 5.91 Å². The van der Waals surface area contributed by atoms with E-state index >= 15 is 0 Å². The van der Waals surface area contributed by atoms with Gasteiger partial charge in [0, 0.05) is 25.7 Å². The lowest BCUT2D eigenvalue weighted by Gasteiger charge is -2.30. The standard InChI is InChI=1S/C22H24N4OS/c1-25-20(18-13-7-3-8-14-18)23-24-22(25)28-19(17-11-5-2-6-12-17)21(27)26-15-9-4-10-16-26/h2-3,5-8,11-14,19H,4,9-10,15-16H2,1H3/t19-/m0/s1. The molecule has 0 radical (unpaired) electrons. The fraction of sp³-hybridized carbons (Fsp3) is 0.318. The van der Waals surface area contributed by atoms with Crippen molar-refractivity contribution < 1.29 is 4.79 Å². The molecule has 1 atom stereocenters. The van der Waals surface area contributed by atoms with Crippen LogP contribution in [0.25, 0.3) is 11.4 Å². The van der Waals surface area contributed by atoms with Crippen LogP contribution in [0.3, 0.4) is 0 Å². The molecule has 0 bridgehead atoms. The molecule has 0 saturated carbocycles. The van der Waals surface area contributed by atoms with E-state index in [0.717, 1.165) is 48.0 Å². The molecule has 0 unspecified atom stereocenters. The number of aromatic nitrogens is 3. The van der Waals surface area contributed by atoms with Crippen molar-refractivity contribution in [1.29, 1.82) is 0 Å². The van der Waals surface area contributed by atoms with Crippen LogP contribution in [-0.2, 0) is 11.8 Å². The second-order valence-electron chi connectivity index (χ2n) is 7.03. The van der Waals surface area contributed by atoms with E-state index in [1.54, 1.807) is 0 Å². The van der Waals surface area contributed by atoms with Crippen molar-refractivity contribution in [2.24, 2.45) is 7.05 Å². The highest BCUT2D eigenvalue weighted by Crippen LogP contribution is 2.37. The SMILES string of the molecule is Cn1c(S[C@H](C(=O)N2CCCCC2)c2ccccc2)nnc1-c1ccccc1. The summed E-state index contributed by atoms with van der Waals surface area (Å²) in [6.07, 6.45) is 3.37. The maximum Gasteiger partial charge on any atom is 0.240 e. The number of hydrogen-bond acceptors (Lipinski definition) is 4. The van der Waals surface area contributed by atoms with Crippen molar-refractivity contribution in [2.45, 2.75) is 29.7 Å². The minimum Gasteiger partial charge on any atom is -0.341 e. The molecular weight excluding hydrogens is 368 g/mol. The number of benzene rings is 2. The van der Waals surface area contributed by atoms with Crippen LogP contribution in [0.4, 0.5) is 0 Å². The van der Waals surface area contributed by atoms with Gasteiger partial charge in [0.1, 0.15) is 5.25 Å². The third-order valence-corrected chi connectivity index (χ3v) is 6.36. The first-order valence-electron chi connectivity index (χ1n) is 9.69. The van der Waals surface area contributed by atoms with Crippen LogP contribution < -0.4 is 0 Å². The molecule has 0 N–H and O–H groups in total. The number of amides is 1. The summed E-state index contributed by atoms with van der Waals surface area (Å²) in [6.45, 7) is 1.69. The van der Waals surface area contributed by atoms with Gasteiger partial charge in [-0.15, -0.1) is 10.2 Å². The molecule has 0 spiro atoms. The van der Waals surface area contributed by atoms with Crippen molar-refractivity contribution in [3.05, 3.63) is 66.2 Å². The summed E-state index contributed by atoms with van der Waals surface area (Å²) in [5.74, 6) is 0.973. The van der Waals surface area contributed by atoms with E-state index in [1.165, 1.54) is 18.2 Å². The topological polar surface area (TPSA) is 51.0 Å². The first-order chi connectivity index (χ1) is 13.7. The van der Waals surface area contributed by atoms with Gasteiger partial charge in [-0.25, -0.2) is 0 Å². The molecule has 5 nitrogen and oxygen atoms in total. The number of thioether (sulfide) groups is 1. The molecule has 1 aliphatic heterocycles. The lowest BCUT2D eigenvalue weighted by Crippen LogP contribution is -2.38. The molecule has 1 aliphatic rings. The minimum atomic E-state index is -0.314. The second-order valence-corrected chi connectivity index (χ2v) is 8.10. The van der Waals surface area contributed by atoms with E-state index in [0.29, 0.717) is 0 Å². The Kier molecular flexibility index (Phi) is 5.76. The first-order valence-corrected chi connectivity index (χ1v) is 10.6. The van der Waals surface area contributed by atoms with Crippen molar-refractivity contribution in [3.63, 3.8) is 0 Å². The van der Waals surface area contributed by atoms with Crippen LogP contribution >= 0.6 is 11.8 Å². The van der Waals surface area contributed by atoms with E-state index in [1.807, 2.05) is 77.2 Å². The van der Waals surface area contributed by atoms with E-state index in [9.17, 15) is 4.79 Å². The molecule has 0 aliphatic carbocycles. The Bertz CT molecular complexity index is 920. The van der Waals surface area contributed by atoms with Gasteiger partial charge in [-0.2, -0.15) is 0 Å². The summed E-state index contributed by atoms with van der Waals surface area (Å²) in [7, 11) is 1.96. The molecule has 6 heteroatoms. The fourth-order valence-electron chi connectivity index (χ4n) is 3.53. The van der Waals surface area contributed by atoms with Crippen LogP contribution in [-0.4, -0.2) is 38.7 Å². The highest BCUT2D eigenvalue weighted by molar-refractivity contribution is 8.00. The molecule has 3 aromatic rings. The molecule has 1 fully saturated rings. The van der Waals surface area contributed by atoms with Gasteiger partial charge in [-0.3, -0.25) is 4.79 Å². The Hall–Kier alpha value is -2.60. The maximum absolute atomic E-state index is 13.3. The van der Waals surface area contributed by atoms with Crippen LogP contribution in [0.5, 0.6) is 0 Å². The molecule has 1 aromatic heterocycles.